The third-order valence-corrected chi connectivity index (χ3v) is 5.42. The van der Waals surface area contributed by atoms with E-state index in [0.29, 0.717) is 5.56 Å². The molecule has 3 aromatic rings. The number of aromatic amines is 1. The highest BCUT2D eigenvalue weighted by molar-refractivity contribution is 5.86. The van der Waals surface area contributed by atoms with Gasteiger partial charge in [0.1, 0.15) is 0 Å². The van der Waals surface area contributed by atoms with Crippen molar-refractivity contribution in [2.45, 2.75) is 45.3 Å². The van der Waals surface area contributed by atoms with E-state index in [1.54, 1.807) is 12.3 Å². The SMILES string of the molecule is CC(C)[C@@H](C)NC(=O)C[C@H](c1ccccc1C(F)(F)F)c1c[nH]c2ccccc12. The molecule has 1 heterocycles. The van der Waals surface area contributed by atoms with Crippen LogP contribution in [0.4, 0.5) is 13.2 Å². The van der Waals surface area contributed by atoms with Crippen molar-refractivity contribution in [1.29, 1.82) is 0 Å². The second-order valence-electron chi connectivity index (χ2n) is 7.73. The third kappa shape index (κ3) is 4.63. The highest BCUT2D eigenvalue weighted by Crippen LogP contribution is 2.40. The van der Waals surface area contributed by atoms with Gasteiger partial charge in [-0.3, -0.25) is 4.79 Å². The summed E-state index contributed by atoms with van der Waals surface area (Å²) in [5, 5.41) is 3.74. The van der Waals surface area contributed by atoms with Crippen LogP contribution in [0.1, 0.15) is 49.8 Å². The highest BCUT2D eigenvalue weighted by Gasteiger charge is 2.36. The molecule has 3 nitrogen and oxygen atoms in total. The maximum atomic E-state index is 13.7. The lowest BCUT2D eigenvalue weighted by Gasteiger charge is -2.23. The van der Waals surface area contributed by atoms with Gasteiger partial charge in [-0.15, -0.1) is 0 Å². The van der Waals surface area contributed by atoms with E-state index in [-0.39, 0.29) is 29.9 Å². The summed E-state index contributed by atoms with van der Waals surface area (Å²) in [6.45, 7) is 5.87. The average molecular weight is 402 g/mol. The van der Waals surface area contributed by atoms with Gasteiger partial charge in [0.25, 0.3) is 0 Å². The van der Waals surface area contributed by atoms with E-state index in [2.05, 4.69) is 10.3 Å². The number of halogens is 3. The second-order valence-corrected chi connectivity index (χ2v) is 7.73. The van der Waals surface area contributed by atoms with Gasteiger partial charge in [0.15, 0.2) is 0 Å². The number of nitrogens with one attached hydrogen (secondary N) is 2. The molecule has 29 heavy (non-hydrogen) atoms. The van der Waals surface area contributed by atoms with Crippen LogP contribution >= 0.6 is 0 Å². The van der Waals surface area contributed by atoms with E-state index >= 15 is 0 Å². The van der Waals surface area contributed by atoms with Crippen molar-refractivity contribution in [2.24, 2.45) is 5.92 Å². The zero-order valence-corrected chi connectivity index (χ0v) is 16.7. The average Bonchev–Trinajstić information content (AvgIpc) is 3.09. The monoisotopic (exact) mass is 402 g/mol. The van der Waals surface area contributed by atoms with Crippen LogP contribution < -0.4 is 5.32 Å². The number of hydrogen-bond acceptors (Lipinski definition) is 1. The predicted octanol–water partition coefficient (Wildman–Crippen LogP) is 5.87. The normalized spacial score (nSPS) is 14.2. The molecule has 1 aromatic heterocycles. The summed E-state index contributed by atoms with van der Waals surface area (Å²) in [5.74, 6) is -0.755. The van der Waals surface area contributed by atoms with Crippen LogP contribution in [0.25, 0.3) is 10.9 Å². The molecule has 0 unspecified atom stereocenters. The third-order valence-electron chi connectivity index (χ3n) is 5.42. The first-order chi connectivity index (χ1) is 13.7. The molecule has 0 bridgehead atoms. The number of amides is 1. The lowest BCUT2D eigenvalue weighted by Crippen LogP contribution is -2.37. The molecule has 0 aliphatic carbocycles. The number of aromatic nitrogens is 1. The Hall–Kier alpha value is -2.76. The van der Waals surface area contributed by atoms with Crippen LogP contribution in [-0.4, -0.2) is 16.9 Å². The van der Waals surface area contributed by atoms with E-state index in [0.717, 1.165) is 17.0 Å². The van der Waals surface area contributed by atoms with Gasteiger partial charge in [-0.2, -0.15) is 13.2 Å². The van der Waals surface area contributed by atoms with Gasteiger partial charge in [-0.05, 0) is 36.1 Å². The first-order valence-electron chi connectivity index (χ1n) is 9.70. The van der Waals surface area contributed by atoms with Gasteiger partial charge in [-0.25, -0.2) is 0 Å². The molecule has 3 rings (SSSR count). The largest absolute Gasteiger partial charge is 0.416 e. The topological polar surface area (TPSA) is 44.9 Å². The predicted molar refractivity (Wildman–Crippen MR) is 109 cm³/mol. The van der Waals surface area contributed by atoms with Crippen molar-refractivity contribution in [3.05, 3.63) is 71.4 Å². The fourth-order valence-electron chi connectivity index (χ4n) is 3.49. The van der Waals surface area contributed by atoms with Gasteiger partial charge in [-0.1, -0.05) is 50.2 Å². The molecule has 2 atom stereocenters. The Kier molecular flexibility index (Phi) is 6.01. The zero-order chi connectivity index (χ0) is 21.2. The quantitative estimate of drug-likeness (QED) is 0.532. The summed E-state index contributed by atoms with van der Waals surface area (Å²) < 4.78 is 41.1. The molecule has 154 valence electrons. The summed E-state index contributed by atoms with van der Waals surface area (Å²) in [6.07, 6.45) is -2.85. The van der Waals surface area contributed by atoms with Crippen molar-refractivity contribution in [2.75, 3.05) is 0 Å². The first-order valence-corrected chi connectivity index (χ1v) is 9.70. The van der Waals surface area contributed by atoms with Gasteiger partial charge >= 0.3 is 6.18 Å². The Morgan fingerprint density at radius 2 is 1.66 bits per heavy atom. The number of carbonyl (C=O) groups is 1. The number of alkyl halides is 3. The summed E-state index contributed by atoms with van der Waals surface area (Å²) in [4.78, 5) is 15.8. The van der Waals surface area contributed by atoms with Gasteiger partial charge < -0.3 is 10.3 Å². The standard InChI is InChI=1S/C23H25F3N2O/c1-14(2)15(3)28-22(29)12-18(16-8-4-6-10-20(16)23(24,25)26)19-13-27-21-11-7-5-9-17(19)21/h4-11,13-15,18,27H,12H2,1-3H3,(H,28,29)/t15-,18-/m1/s1. The van der Waals surface area contributed by atoms with Crippen molar-refractivity contribution in [3.63, 3.8) is 0 Å². The highest BCUT2D eigenvalue weighted by atomic mass is 19.4. The number of para-hydroxylation sites is 1. The Morgan fingerprint density at radius 3 is 2.34 bits per heavy atom. The van der Waals surface area contributed by atoms with Gasteiger partial charge in [0, 0.05) is 35.5 Å². The smallest absolute Gasteiger partial charge is 0.361 e. The molecule has 0 aliphatic rings. The Morgan fingerprint density at radius 1 is 1.00 bits per heavy atom. The van der Waals surface area contributed by atoms with E-state index in [4.69, 9.17) is 0 Å². The molecule has 0 radical (unpaired) electrons. The van der Waals surface area contributed by atoms with Crippen LogP contribution in [0.15, 0.2) is 54.7 Å². The van der Waals surface area contributed by atoms with Crippen molar-refractivity contribution >= 4 is 16.8 Å². The molecule has 6 heteroatoms. The lowest BCUT2D eigenvalue weighted by molar-refractivity contribution is -0.138. The summed E-state index contributed by atoms with van der Waals surface area (Å²) >= 11 is 0. The minimum Gasteiger partial charge on any atom is -0.361 e. The lowest BCUT2D eigenvalue weighted by atomic mass is 9.85. The van der Waals surface area contributed by atoms with Crippen LogP contribution in [0.3, 0.4) is 0 Å². The zero-order valence-electron chi connectivity index (χ0n) is 16.7. The van der Waals surface area contributed by atoms with E-state index < -0.39 is 17.7 Å². The fourth-order valence-corrected chi connectivity index (χ4v) is 3.49. The number of H-pyrrole nitrogens is 1. The summed E-state index contributed by atoms with van der Waals surface area (Å²) in [6, 6.07) is 12.9. The summed E-state index contributed by atoms with van der Waals surface area (Å²) in [5.41, 5.74) is 0.912. The minimum atomic E-state index is -4.50. The van der Waals surface area contributed by atoms with Gasteiger partial charge in [0.2, 0.25) is 5.91 Å². The molecule has 0 spiro atoms. The van der Waals surface area contributed by atoms with Gasteiger partial charge in [0.05, 0.1) is 5.56 Å². The van der Waals surface area contributed by atoms with Crippen LogP contribution in [0.5, 0.6) is 0 Å². The molecule has 0 saturated heterocycles. The van der Waals surface area contributed by atoms with Crippen molar-refractivity contribution in [1.82, 2.24) is 10.3 Å². The van der Waals surface area contributed by atoms with Crippen LogP contribution in [0, 0.1) is 5.92 Å². The Balaban J connectivity index is 2.07. The second kappa shape index (κ2) is 8.31. The number of rotatable bonds is 6. The first kappa shape index (κ1) is 21.0. The van der Waals surface area contributed by atoms with E-state index in [1.807, 2.05) is 45.0 Å². The maximum absolute atomic E-state index is 13.7. The van der Waals surface area contributed by atoms with Crippen LogP contribution in [0.2, 0.25) is 0 Å². The number of hydrogen-bond donors (Lipinski definition) is 2. The minimum absolute atomic E-state index is 0.0635. The molecule has 2 N–H and O–H groups in total. The molecule has 1 amide bonds. The Labute approximate surface area is 168 Å². The fraction of sp³-hybridized carbons (Fsp3) is 0.348. The van der Waals surface area contributed by atoms with Crippen LogP contribution in [-0.2, 0) is 11.0 Å². The molecular weight excluding hydrogens is 377 g/mol. The number of fused-ring (bicyclic) bond motifs is 1. The number of carbonyl (C=O) groups excluding carboxylic acids is 1. The maximum Gasteiger partial charge on any atom is 0.416 e. The van der Waals surface area contributed by atoms with Crippen molar-refractivity contribution in [3.8, 4) is 0 Å². The molecular formula is C23H25F3N2O. The Bertz CT molecular complexity index is 991. The van der Waals surface area contributed by atoms with E-state index in [9.17, 15) is 18.0 Å². The van der Waals surface area contributed by atoms with Crippen molar-refractivity contribution < 1.29 is 18.0 Å². The van der Waals surface area contributed by atoms with E-state index in [1.165, 1.54) is 12.1 Å². The molecule has 0 fully saturated rings. The molecule has 2 aromatic carbocycles. The summed E-state index contributed by atoms with van der Waals surface area (Å²) in [7, 11) is 0. The number of benzene rings is 2. The molecule has 0 saturated carbocycles. The molecule has 0 aliphatic heterocycles.